The Morgan fingerprint density at radius 2 is 1.83 bits per heavy atom. The molecular formula is C21H21N3O4S. The first kappa shape index (κ1) is 19.2. The predicted molar refractivity (Wildman–Crippen MR) is 112 cm³/mol. The van der Waals surface area contributed by atoms with Crippen LogP contribution in [0.1, 0.15) is 22.1 Å². The van der Waals surface area contributed by atoms with Crippen LogP contribution >= 0.6 is 11.8 Å². The number of para-hydroxylation sites is 1. The molecule has 0 saturated carbocycles. The lowest BCUT2D eigenvalue weighted by atomic mass is 10.0. The van der Waals surface area contributed by atoms with E-state index in [1.165, 1.54) is 26.0 Å². The van der Waals surface area contributed by atoms with Gasteiger partial charge < -0.3 is 19.9 Å². The molecule has 1 aliphatic heterocycles. The third-order valence-electron chi connectivity index (χ3n) is 4.81. The van der Waals surface area contributed by atoms with Crippen LogP contribution in [0.3, 0.4) is 0 Å². The number of rotatable bonds is 4. The molecule has 1 amide bonds. The second-order valence-electron chi connectivity index (χ2n) is 6.61. The van der Waals surface area contributed by atoms with Crippen LogP contribution in [-0.4, -0.2) is 40.8 Å². The van der Waals surface area contributed by atoms with Gasteiger partial charge >= 0.3 is 0 Å². The maximum atomic E-state index is 12.5. The Labute approximate surface area is 172 Å². The fourth-order valence-electron chi connectivity index (χ4n) is 3.47. The molecular weight excluding hydrogens is 390 g/mol. The van der Waals surface area contributed by atoms with Gasteiger partial charge in [-0.1, -0.05) is 18.2 Å². The molecule has 2 N–H and O–H groups in total. The van der Waals surface area contributed by atoms with Crippen LogP contribution in [0.15, 0.2) is 42.5 Å². The topological polar surface area (TPSA) is 85.6 Å². The summed E-state index contributed by atoms with van der Waals surface area (Å²) in [5.41, 5.74) is 3.45. The fourth-order valence-corrected chi connectivity index (χ4v) is 4.64. The number of nitrogens with one attached hydrogen (secondary N) is 1. The van der Waals surface area contributed by atoms with E-state index < -0.39 is 0 Å². The molecule has 2 aromatic carbocycles. The lowest BCUT2D eigenvalue weighted by Crippen LogP contribution is -2.15. The van der Waals surface area contributed by atoms with Crippen molar-refractivity contribution in [1.82, 2.24) is 9.78 Å². The van der Waals surface area contributed by atoms with E-state index in [1.54, 1.807) is 16.8 Å². The number of fused-ring (bicyclic) bond motifs is 1. The molecule has 0 saturated heterocycles. The molecule has 29 heavy (non-hydrogen) atoms. The average Bonchev–Trinajstić information content (AvgIpc) is 2.94. The summed E-state index contributed by atoms with van der Waals surface area (Å²) in [4.78, 5) is 12.5. The number of amides is 1. The van der Waals surface area contributed by atoms with Crippen molar-refractivity contribution in [2.75, 3.05) is 25.3 Å². The van der Waals surface area contributed by atoms with Crippen molar-refractivity contribution in [3.05, 3.63) is 59.3 Å². The second kappa shape index (κ2) is 7.71. The van der Waals surface area contributed by atoms with Crippen LogP contribution in [0.5, 0.6) is 17.2 Å². The van der Waals surface area contributed by atoms with Gasteiger partial charge in [-0.05, 0) is 36.8 Å². The number of aromatic nitrogens is 2. The van der Waals surface area contributed by atoms with Gasteiger partial charge in [0.1, 0.15) is 5.82 Å². The van der Waals surface area contributed by atoms with Crippen LogP contribution < -0.4 is 14.8 Å². The first-order valence-corrected chi connectivity index (χ1v) is 10.1. The van der Waals surface area contributed by atoms with Gasteiger partial charge in [0.05, 0.1) is 36.6 Å². The van der Waals surface area contributed by atoms with Crippen molar-refractivity contribution in [2.24, 2.45) is 0 Å². The van der Waals surface area contributed by atoms with Crippen molar-refractivity contribution in [3.63, 3.8) is 0 Å². The van der Waals surface area contributed by atoms with Crippen molar-refractivity contribution >= 4 is 23.5 Å². The predicted octanol–water partition coefficient (Wildman–Crippen LogP) is 3.68. The highest BCUT2D eigenvalue weighted by atomic mass is 32.2. The summed E-state index contributed by atoms with van der Waals surface area (Å²) in [6.45, 7) is 1.93. The maximum absolute atomic E-state index is 12.5. The number of carbonyl (C=O) groups excluding carboxylic acids is 1. The zero-order valence-corrected chi connectivity index (χ0v) is 17.1. The molecule has 1 unspecified atom stereocenters. The zero-order valence-electron chi connectivity index (χ0n) is 16.3. The SMILES string of the molecule is COc1cc(C2SCC(=O)Nc3c2c(C)nn3-c2ccccc2)cc(OC)c1O. The fraction of sp³-hybridized carbons (Fsp3) is 0.238. The molecule has 3 aromatic rings. The van der Waals surface area contributed by atoms with Gasteiger partial charge in [-0.15, -0.1) is 11.8 Å². The third-order valence-corrected chi connectivity index (χ3v) is 6.08. The molecule has 0 radical (unpaired) electrons. The standard InChI is InChI=1S/C21H21N3O4S/c1-12-18-20(13-9-15(27-2)19(26)16(10-13)28-3)29-11-17(25)22-21(18)24(23-12)14-7-5-4-6-8-14/h4-10,20,26H,11H2,1-3H3,(H,22,25). The number of ether oxygens (including phenoxy) is 2. The average molecular weight is 411 g/mol. The molecule has 8 heteroatoms. The second-order valence-corrected chi connectivity index (χ2v) is 7.70. The highest BCUT2D eigenvalue weighted by Gasteiger charge is 2.31. The molecule has 7 nitrogen and oxygen atoms in total. The number of phenols is 1. The third kappa shape index (κ3) is 3.40. The molecule has 0 spiro atoms. The van der Waals surface area contributed by atoms with Crippen LogP contribution in [0, 0.1) is 6.92 Å². The minimum absolute atomic E-state index is 0.0523. The Kier molecular flexibility index (Phi) is 5.10. The first-order valence-electron chi connectivity index (χ1n) is 9.04. The largest absolute Gasteiger partial charge is 0.502 e. The Morgan fingerprint density at radius 3 is 2.45 bits per heavy atom. The number of carbonyl (C=O) groups is 1. The lowest BCUT2D eigenvalue weighted by molar-refractivity contribution is -0.113. The van der Waals surface area contributed by atoms with Crippen LogP contribution in [0.2, 0.25) is 0 Å². The molecule has 0 fully saturated rings. The van der Waals surface area contributed by atoms with Gasteiger partial charge in [0, 0.05) is 5.56 Å². The molecule has 1 aliphatic rings. The van der Waals surface area contributed by atoms with E-state index in [0.29, 0.717) is 23.1 Å². The molecule has 1 aromatic heterocycles. The van der Waals surface area contributed by atoms with Crippen LogP contribution in [0.4, 0.5) is 5.82 Å². The minimum atomic E-state index is -0.190. The van der Waals surface area contributed by atoms with Crippen molar-refractivity contribution in [1.29, 1.82) is 0 Å². The molecule has 2 heterocycles. The Morgan fingerprint density at radius 1 is 1.17 bits per heavy atom. The van der Waals surface area contributed by atoms with Gasteiger partial charge in [0.2, 0.25) is 11.7 Å². The number of nitrogens with zero attached hydrogens (tertiary/aromatic N) is 2. The van der Waals surface area contributed by atoms with Crippen molar-refractivity contribution in [3.8, 4) is 22.9 Å². The number of hydrogen-bond donors (Lipinski definition) is 2. The number of benzene rings is 2. The minimum Gasteiger partial charge on any atom is -0.502 e. The summed E-state index contributed by atoms with van der Waals surface area (Å²) in [5, 5.41) is 17.8. The highest BCUT2D eigenvalue weighted by molar-refractivity contribution is 8.00. The van der Waals surface area contributed by atoms with Gasteiger partial charge in [0.25, 0.3) is 0 Å². The van der Waals surface area contributed by atoms with E-state index in [9.17, 15) is 9.90 Å². The number of thioether (sulfide) groups is 1. The maximum Gasteiger partial charge on any atom is 0.235 e. The van der Waals surface area contributed by atoms with E-state index in [0.717, 1.165) is 22.5 Å². The zero-order chi connectivity index (χ0) is 20.5. The van der Waals surface area contributed by atoms with Crippen LogP contribution in [-0.2, 0) is 4.79 Å². The summed E-state index contributed by atoms with van der Waals surface area (Å²) in [6.07, 6.45) is 0. The molecule has 150 valence electrons. The van der Waals surface area contributed by atoms with Gasteiger partial charge in [-0.2, -0.15) is 5.10 Å². The van der Waals surface area contributed by atoms with Gasteiger partial charge in [-0.25, -0.2) is 4.68 Å². The first-order chi connectivity index (χ1) is 14.0. The van der Waals surface area contributed by atoms with Gasteiger partial charge in [-0.3, -0.25) is 4.79 Å². The summed E-state index contributed by atoms with van der Waals surface area (Å²) in [7, 11) is 2.99. The van der Waals surface area contributed by atoms with Crippen LogP contribution in [0.25, 0.3) is 5.69 Å². The van der Waals surface area contributed by atoms with E-state index in [2.05, 4.69) is 5.32 Å². The number of anilines is 1. The lowest BCUT2D eigenvalue weighted by Gasteiger charge is -2.18. The normalized spacial score (nSPS) is 16.0. The molecule has 0 bridgehead atoms. The number of aromatic hydroxyl groups is 1. The van der Waals surface area contributed by atoms with Crippen molar-refractivity contribution in [2.45, 2.75) is 12.2 Å². The number of phenolic OH excluding ortho intramolecular Hbond substituents is 1. The summed E-state index contributed by atoms with van der Waals surface area (Å²) < 4.78 is 12.4. The number of methoxy groups -OCH3 is 2. The molecule has 1 atom stereocenters. The van der Waals surface area contributed by atoms with Gasteiger partial charge in [0.15, 0.2) is 11.5 Å². The van der Waals surface area contributed by atoms with Crippen molar-refractivity contribution < 1.29 is 19.4 Å². The highest BCUT2D eigenvalue weighted by Crippen LogP contribution is 2.47. The molecule has 0 aliphatic carbocycles. The van der Waals surface area contributed by atoms with E-state index in [1.807, 2.05) is 37.3 Å². The Hall–Kier alpha value is -3.13. The smallest absolute Gasteiger partial charge is 0.235 e. The molecule has 4 rings (SSSR count). The van der Waals surface area contributed by atoms with E-state index in [4.69, 9.17) is 14.6 Å². The summed E-state index contributed by atoms with van der Waals surface area (Å²) in [6, 6.07) is 13.2. The summed E-state index contributed by atoms with van der Waals surface area (Å²) >= 11 is 1.50. The Bertz CT molecular complexity index is 1040. The number of hydrogen-bond acceptors (Lipinski definition) is 6. The Balaban J connectivity index is 1.91. The number of aryl methyl sites for hydroxylation is 1. The van der Waals surface area contributed by atoms with E-state index in [-0.39, 0.29) is 16.9 Å². The quantitative estimate of drug-likeness (QED) is 0.681. The van der Waals surface area contributed by atoms with E-state index >= 15 is 0 Å². The summed E-state index contributed by atoms with van der Waals surface area (Å²) in [5.74, 6) is 1.44. The monoisotopic (exact) mass is 411 g/mol.